The zero-order chi connectivity index (χ0) is 21.0. The van der Waals surface area contributed by atoms with Crippen molar-refractivity contribution in [1.29, 1.82) is 0 Å². The van der Waals surface area contributed by atoms with Gasteiger partial charge in [-0.15, -0.1) is 11.8 Å². The summed E-state index contributed by atoms with van der Waals surface area (Å²) in [5.41, 5.74) is 2.35. The Labute approximate surface area is 176 Å². The van der Waals surface area contributed by atoms with Crippen LogP contribution < -0.4 is 0 Å². The van der Waals surface area contributed by atoms with Crippen LogP contribution in [0.1, 0.15) is 60.5 Å². The molecule has 0 saturated carbocycles. The minimum atomic E-state index is -0.475. The lowest BCUT2D eigenvalue weighted by Crippen LogP contribution is -2.49. The topological polar surface area (TPSA) is 72.6 Å². The van der Waals surface area contributed by atoms with Crippen molar-refractivity contribution in [2.45, 2.75) is 69.7 Å². The number of esters is 1. The summed E-state index contributed by atoms with van der Waals surface area (Å²) < 4.78 is 10.6. The molecule has 7 heteroatoms. The fourth-order valence-corrected chi connectivity index (χ4v) is 5.01. The van der Waals surface area contributed by atoms with Crippen molar-refractivity contribution in [2.75, 3.05) is 6.61 Å². The van der Waals surface area contributed by atoms with E-state index in [1.807, 2.05) is 30.9 Å². The molecule has 0 aliphatic carbocycles. The number of ether oxygens (including phenoxy) is 1. The van der Waals surface area contributed by atoms with E-state index in [9.17, 15) is 9.59 Å². The lowest BCUT2D eigenvalue weighted by molar-refractivity contribution is -0.140. The van der Waals surface area contributed by atoms with Gasteiger partial charge in [0.05, 0.1) is 11.3 Å². The Hall–Kier alpha value is -2.28. The zero-order valence-corrected chi connectivity index (χ0v) is 18.3. The molecule has 1 aromatic carbocycles. The van der Waals surface area contributed by atoms with E-state index >= 15 is 0 Å². The highest BCUT2D eigenvalue weighted by molar-refractivity contribution is 7.98. The monoisotopic (exact) mass is 416 g/mol. The van der Waals surface area contributed by atoms with Crippen LogP contribution in [0.25, 0.3) is 0 Å². The molecule has 1 saturated heterocycles. The number of thioether (sulfide) groups is 1. The van der Waals surface area contributed by atoms with Crippen LogP contribution >= 0.6 is 11.8 Å². The number of aryl methyl sites for hydroxylation is 2. The normalized spacial score (nSPS) is 19.2. The first kappa shape index (κ1) is 21.4. The molecule has 0 N–H and O–H groups in total. The smallest absolute Gasteiger partial charge is 0.339 e. The number of carbonyl (C=O) groups excluding carboxylic acids is 2. The molecule has 1 aliphatic rings. The number of amides is 1. The molecule has 1 aliphatic heterocycles. The third-order valence-corrected chi connectivity index (χ3v) is 6.57. The van der Waals surface area contributed by atoms with Gasteiger partial charge in [0, 0.05) is 28.3 Å². The van der Waals surface area contributed by atoms with Crippen molar-refractivity contribution < 1.29 is 18.8 Å². The van der Waals surface area contributed by atoms with E-state index in [1.54, 1.807) is 12.1 Å². The van der Waals surface area contributed by atoms with Crippen LogP contribution in [0.4, 0.5) is 0 Å². The molecule has 3 rings (SSSR count). The summed E-state index contributed by atoms with van der Waals surface area (Å²) in [6.07, 6.45) is 3.11. The highest BCUT2D eigenvalue weighted by Crippen LogP contribution is 2.29. The van der Waals surface area contributed by atoms with Crippen LogP contribution in [0.2, 0.25) is 0 Å². The Morgan fingerprint density at radius 3 is 2.55 bits per heavy atom. The summed E-state index contributed by atoms with van der Waals surface area (Å²) in [5, 5.41) is 3.97. The second-order valence-electron chi connectivity index (χ2n) is 7.59. The molecular weight excluding hydrogens is 388 g/mol. The van der Waals surface area contributed by atoms with E-state index in [1.165, 1.54) is 11.8 Å². The van der Waals surface area contributed by atoms with Gasteiger partial charge in [0.25, 0.3) is 5.91 Å². The zero-order valence-electron chi connectivity index (χ0n) is 17.4. The lowest BCUT2D eigenvalue weighted by atomic mass is 9.97. The second kappa shape index (κ2) is 9.48. The number of rotatable bonds is 6. The molecule has 0 spiro atoms. The summed E-state index contributed by atoms with van der Waals surface area (Å²) in [6.45, 7) is 7.66. The van der Waals surface area contributed by atoms with Gasteiger partial charge >= 0.3 is 5.97 Å². The summed E-state index contributed by atoms with van der Waals surface area (Å²) in [5.74, 6) is 0.828. The molecule has 29 heavy (non-hydrogen) atoms. The van der Waals surface area contributed by atoms with Crippen molar-refractivity contribution in [3.63, 3.8) is 0 Å². The number of carbonyl (C=O) groups is 2. The highest BCUT2D eigenvalue weighted by Gasteiger charge is 2.29. The maximum absolute atomic E-state index is 12.7. The van der Waals surface area contributed by atoms with Crippen molar-refractivity contribution in [3.05, 3.63) is 46.8 Å². The number of hydrogen-bond acceptors (Lipinski definition) is 6. The fourth-order valence-electron chi connectivity index (χ4n) is 3.81. The molecule has 1 amide bonds. The minimum absolute atomic E-state index is 0.126. The number of likely N-dealkylation sites (tertiary alicyclic amines) is 1. The predicted octanol–water partition coefficient (Wildman–Crippen LogP) is 4.53. The highest BCUT2D eigenvalue weighted by atomic mass is 32.2. The van der Waals surface area contributed by atoms with E-state index in [0.29, 0.717) is 11.3 Å². The molecule has 156 valence electrons. The predicted molar refractivity (Wildman–Crippen MR) is 112 cm³/mol. The third kappa shape index (κ3) is 5.01. The molecular formula is C22H28N2O4S. The van der Waals surface area contributed by atoms with E-state index < -0.39 is 5.97 Å². The minimum Gasteiger partial charge on any atom is -0.452 e. The van der Waals surface area contributed by atoms with Gasteiger partial charge in [-0.05, 0) is 59.1 Å². The molecule has 2 unspecified atom stereocenters. The van der Waals surface area contributed by atoms with Gasteiger partial charge in [-0.2, -0.15) is 0 Å². The molecule has 2 atom stereocenters. The Morgan fingerprint density at radius 1 is 1.21 bits per heavy atom. The molecule has 2 aromatic rings. The molecule has 1 aromatic heterocycles. The Kier molecular flexibility index (Phi) is 7.00. The summed E-state index contributed by atoms with van der Waals surface area (Å²) in [4.78, 5) is 28.0. The molecule has 6 nitrogen and oxygen atoms in total. The third-order valence-electron chi connectivity index (χ3n) is 5.47. The van der Waals surface area contributed by atoms with Crippen molar-refractivity contribution in [3.8, 4) is 0 Å². The molecule has 1 fully saturated rings. The summed E-state index contributed by atoms with van der Waals surface area (Å²) in [6, 6.07) is 7.66. The van der Waals surface area contributed by atoms with Gasteiger partial charge in [0.15, 0.2) is 6.61 Å². The maximum Gasteiger partial charge on any atom is 0.339 e. The number of hydrogen-bond donors (Lipinski definition) is 0. The summed E-state index contributed by atoms with van der Waals surface area (Å²) >= 11 is 1.53. The Balaban J connectivity index is 1.63. The van der Waals surface area contributed by atoms with E-state index in [-0.39, 0.29) is 24.6 Å². The number of piperidine rings is 1. The second-order valence-corrected chi connectivity index (χ2v) is 8.61. The molecule has 2 heterocycles. The van der Waals surface area contributed by atoms with Crippen LogP contribution in [-0.4, -0.2) is 40.6 Å². The van der Waals surface area contributed by atoms with E-state index in [4.69, 9.17) is 9.26 Å². The van der Waals surface area contributed by atoms with Gasteiger partial charge in [0.2, 0.25) is 0 Å². The molecule has 0 radical (unpaired) electrons. The molecule has 0 bridgehead atoms. The van der Waals surface area contributed by atoms with Gasteiger partial charge in [-0.25, -0.2) is 4.79 Å². The van der Waals surface area contributed by atoms with Crippen LogP contribution in [0.5, 0.6) is 0 Å². The summed E-state index contributed by atoms with van der Waals surface area (Å²) in [7, 11) is 0. The quantitative estimate of drug-likeness (QED) is 0.509. The maximum atomic E-state index is 12.7. The van der Waals surface area contributed by atoms with E-state index in [2.05, 4.69) is 19.0 Å². The number of benzene rings is 1. The van der Waals surface area contributed by atoms with Gasteiger partial charge in [-0.3, -0.25) is 4.79 Å². The van der Waals surface area contributed by atoms with Crippen LogP contribution in [-0.2, 0) is 15.3 Å². The fraction of sp³-hybridized carbons (Fsp3) is 0.500. The van der Waals surface area contributed by atoms with Crippen molar-refractivity contribution in [1.82, 2.24) is 10.1 Å². The number of aromatic nitrogens is 1. The lowest BCUT2D eigenvalue weighted by Gasteiger charge is -2.38. The first-order valence-corrected chi connectivity index (χ1v) is 11.0. The average Bonchev–Trinajstić information content (AvgIpc) is 3.02. The van der Waals surface area contributed by atoms with Gasteiger partial charge in [0.1, 0.15) is 5.76 Å². The Morgan fingerprint density at radius 2 is 1.90 bits per heavy atom. The van der Waals surface area contributed by atoms with Gasteiger partial charge < -0.3 is 14.2 Å². The van der Waals surface area contributed by atoms with Crippen molar-refractivity contribution >= 4 is 23.6 Å². The van der Waals surface area contributed by atoms with Gasteiger partial charge in [-0.1, -0.05) is 17.3 Å². The van der Waals surface area contributed by atoms with Crippen LogP contribution in [0, 0.1) is 13.8 Å². The SMILES string of the molecule is Cc1noc(C)c1CSc1ccccc1C(=O)OCC(=O)N1C(C)CCCC1C. The van der Waals surface area contributed by atoms with E-state index in [0.717, 1.165) is 41.2 Å². The number of nitrogens with zero attached hydrogens (tertiary/aromatic N) is 2. The van der Waals surface area contributed by atoms with Crippen molar-refractivity contribution in [2.24, 2.45) is 0 Å². The van der Waals surface area contributed by atoms with Crippen LogP contribution in [0.15, 0.2) is 33.7 Å². The first-order chi connectivity index (χ1) is 13.9. The Bertz CT molecular complexity index is 850. The average molecular weight is 417 g/mol. The first-order valence-electron chi connectivity index (χ1n) is 10.00. The largest absolute Gasteiger partial charge is 0.452 e. The standard InChI is InChI=1S/C22H28N2O4S/c1-14-8-7-9-15(2)24(14)21(25)12-27-22(26)18-10-5-6-11-20(18)29-13-19-16(3)23-28-17(19)4/h5-6,10-11,14-15H,7-9,12-13H2,1-4H3. The van der Waals surface area contributed by atoms with Crippen LogP contribution in [0.3, 0.4) is 0 Å².